The molecule has 0 saturated carbocycles. The van der Waals surface area contributed by atoms with Gasteiger partial charge in [0.25, 0.3) is 0 Å². The van der Waals surface area contributed by atoms with Gasteiger partial charge in [0, 0.05) is 12.2 Å². The van der Waals surface area contributed by atoms with Gasteiger partial charge in [-0.1, -0.05) is 6.07 Å². The van der Waals surface area contributed by atoms with E-state index in [9.17, 15) is 14.3 Å². The van der Waals surface area contributed by atoms with E-state index in [1.165, 1.54) is 18.2 Å². The van der Waals surface area contributed by atoms with Crippen LogP contribution >= 0.6 is 0 Å². The molecule has 1 saturated heterocycles. The Morgan fingerprint density at radius 1 is 1.59 bits per heavy atom. The second kappa shape index (κ2) is 4.81. The summed E-state index contributed by atoms with van der Waals surface area (Å²) >= 11 is 0. The first-order chi connectivity index (χ1) is 8.07. The maximum atomic E-state index is 12.9. The Morgan fingerprint density at radius 2 is 2.41 bits per heavy atom. The van der Waals surface area contributed by atoms with E-state index < -0.39 is 11.4 Å². The summed E-state index contributed by atoms with van der Waals surface area (Å²) in [6.45, 7) is 1.13. The van der Waals surface area contributed by atoms with Gasteiger partial charge in [0.05, 0.1) is 12.0 Å². The molecule has 0 bridgehead atoms. The highest BCUT2D eigenvalue weighted by molar-refractivity contribution is 5.91. The monoisotopic (exact) mass is 238 g/mol. The average molecular weight is 238 g/mol. The number of halogens is 1. The lowest BCUT2D eigenvalue weighted by atomic mass is 9.98. The van der Waals surface area contributed by atoms with Gasteiger partial charge in [0.15, 0.2) is 0 Å². The number of aliphatic hydroxyl groups is 1. The molecule has 1 aliphatic rings. The quantitative estimate of drug-likeness (QED) is 0.732. The van der Waals surface area contributed by atoms with Crippen LogP contribution in [0.15, 0.2) is 24.3 Å². The molecule has 1 heterocycles. The standard InChI is InChI=1S/C12H15FN2O2/c13-9-2-1-3-10(6-9)15-11(16)7-12(17)4-5-14-8-12/h1-3,6,14,17H,4-5,7-8H2,(H,15,16). The Bertz CT molecular complexity index is 417. The fraction of sp³-hybridized carbons (Fsp3) is 0.417. The third-order valence-corrected chi connectivity index (χ3v) is 2.82. The van der Waals surface area contributed by atoms with Crippen molar-refractivity contribution < 1.29 is 14.3 Å². The molecule has 17 heavy (non-hydrogen) atoms. The second-order valence-electron chi connectivity index (χ2n) is 4.39. The number of hydrogen-bond acceptors (Lipinski definition) is 3. The van der Waals surface area contributed by atoms with Crippen LogP contribution < -0.4 is 10.6 Å². The van der Waals surface area contributed by atoms with E-state index in [1.54, 1.807) is 6.07 Å². The van der Waals surface area contributed by atoms with Crippen molar-refractivity contribution >= 4 is 11.6 Å². The van der Waals surface area contributed by atoms with E-state index in [0.717, 1.165) is 0 Å². The van der Waals surface area contributed by atoms with Crippen LogP contribution in [-0.4, -0.2) is 29.7 Å². The van der Waals surface area contributed by atoms with Gasteiger partial charge < -0.3 is 15.7 Å². The summed E-state index contributed by atoms with van der Waals surface area (Å²) in [5, 5.41) is 15.6. The number of anilines is 1. The van der Waals surface area contributed by atoms with Crippen LogP contribution in [-0.2, 0) is 4.79 Å². The number of nitrogens with one attached hydrogen (secondary N) is 2. The fourth-order valence-corrected chi connectivity index (χ4v) is 1.95. The van der Waals surface area contributed by atoms with Crippen molar-refractivity contribution in [3.05, 3.63) is 30.1 Å². The Kier molecular flexibility index (Phi) is 3.40. The normalized spacial score (nSPS) is 23.6. The molecule has 1 aromatic rings. The molecule has 1 aromatic carbocycles. The van der Waals surface area contributed by atoms with Crippen LogP contribution in [0.4, 0.5) is 10.1 Å². The molecular weight excluding hydrogens is 223 g/mol. The third kappa shape index (κ3) is 3.25. The molecule has 1 aliphatic heterocycles. The van der Waals surface area contributed by atoms with Crippen LogP contribution in [0.1, 0.15) is 12.8 Å². The molecule has 1 fully saturated rings. The molecule has 0 aliphatic carbocycles. The van der Waals surface area contributed by atoms with Gasteiger partial charge in [-0.2, -0.15) is 0 Å². The summed E-state index contributed by atoms with van der Waals surface area (Å²) in [4.78, 5) is 11.7. The molecule has 1 amide bonds. The number of rotatable bonds is 3. The minimum absolute atomic E-state index is 0.0243. The summed E-state index contributed by atoms with van der Waals surface area (Å²) in [6.07, 6.45) is 0.583. The van der Waals surface area contributed by atoms with Crippen LogP contribution in [0.25, 0.3) is 0 Å². The minimum atomic E-state index is -0.975. The predicted molar refractivity (Wildman–Crippen MR) is 62.1 cm³/mol. The average Bonchev–Trinajstić information content (AvgIpc) is 2.64. The Morgan fingerprint density at radius 3 is 3.06 bits per heavy atom. The molecule has 4 nitrogen and oxygen atoms in total. The molecule has 92 valence electrons. The van der Waals surface area contributed by atoms with Gasteiger partial charge >= 0.3 is 0 Å². The molecule has 3 N–H and O–H groups in total. The number of benzene rings is 1. The van der Waals surface area contributed by atoms with E-state index in [1.807, 2.05) is 0 Å². The summed E-state index contributed by atoms with van der Waals surface area (Å²) in [7, 11) is 0. The summed E-state index contributed by atoms with van der Waals surface area (Å²) in [5.74, 6) is -0.703. The summed E-state index contributed by atoms with van der Waals surface area (Å²) in [5.41, 5.74) is -0.568. The van der Waals surface area contributed by atoms with Gasteiger partial charge in [-0.3, -0.25) is 4.79 Å². The highest BCUT2D eigenvalue weighted by Crippen LogP contribution is 2.19. The summed E-state index contributed by atoms with van der Waals surface area (Å²) in [6, 6.07) is 5.69. The van der Waals surface area contributed by atoms with Crippen LogP contribution in [0.2, 0.25) is 0 Å². The van der Waals surface area contributed by atoms with Crippen molar-refractivity contribution in [3.8, 4) is 0 Å². The number of hydrogen-bond donors (Lipinski definition) is 3. The molecule has 1 atom stereocenters. The number of carbonyl (C=O) groups is 1. The van der Waals surface area contributed by atoms with Gasteiger partial charge in [-0.05, 0) is 31.2 Å². The number of carbonyl (C=O) groups excluding carboxylic acids is 1. The smallest absolute Gasteiger partial charge is 0.227 e. The summed E-state index contributed by atoms with van der Waals surface area (Å²) < 4.78 is 12.9. The lowest BCUT2D eigenvalue weighted by molar-refractivity contribution is -0.120. The highest BCUT2D eigenvalue weighted by atomic mass is 19.1. The zero-order chi connectivity index (χ0) is 12.3. The fourth-order valence-electron chi connectivity index (χ4n) is 1.95. The molecule has 0 radical (unpaired) electrons. The Hall–Kier alpha value is -1.46. The number of β-amino-alcohol motifs (C(OH)–C–C–N with tert-alkyl or cyclic N) is 1. The zero-order valence-corrected chi connectivity index (χ0v) is 9.37. The van der Waals surface area contributed by atoms with Crippen LogP contribution in [0, 0.1) is 5.82 Å². The van der Waals surface area contributed by atoms with E-state index in [-0.39, 0.29) is 12.3 Å². The Balaban J connectivity index is 1.93. The first kappa shape index (κ1) is 12.0. The van der Waals surface area contributed by atoms with Crippen molar-refractivity contribution in [1.82, 2.24) is 5.32 Å². The molecule has 1 unspecified atom stereocenters. The highest BCUT2D eigenvalue weighted by Gasteiger charge is 2.33. The molecular formula is C12H15FN2O2. The van der Waals surface area contributed by atoms with Crippen LogP contribution in [0.3, 0.4) is 0 Å². The van der Waals surface area contributed by atoms with Gasteiger partial charge in [0.1, 0.15) is 5.82 Å². The maximum Gasteiger partial charge on any atom is 0.227 e. The van der Waals surface area contributed by atoms with Crippen molar-refractivity contribution in [1.29, 1.82) is 0 Å². The first-order valence-corrected chi connectivity index (χ1v) is 5.56. The minimum Gasteiger partial charge on any atom is -0.388 e. The van der Waals surface area contributed by atoms with Gasteiger partial charge in [-0.15, -0.1) is 0 Å². The lowest BCUT2D eigenvalue weighted by Gasteiger charge is -2.20. The molecule has 0 aromatic heterocycles. The largest absolute Gasteiger partial charge is 0.388 e. The van der Waals surface area contributed by atoms with Crippen molar-refractivity contribution in [2.45, 2.75) is 18.4 Å². The second-order valence-corrected chi connectivity index (χ2v) is 4.39. The molecule has 5 heteroatoms. The zero-order valence-electron chi connectivity index (χ0n) is 9.37. The molecule has 0 spiro atoms. The number of amides is 1. The lowest BCUT2D eigenvalue weighted by Crippen LogP contribution is -2.35. The van der Waals surface area contributed by atoms with Crippen molar-refractivity contribution in [2.24, 2.45) is 0 Å². The van der Waals surface area contributed by atoms with Crippen LogP contribution in [0.5, 0.6) is 0 Å². The van der Waals surface area contributed by atoms with E-state index in [0.29, 0.717) is 25.2 Å². The SMILES string of the molecule is O=C(CC1(O)CCNC1)Nc1cccc(F)c1. The predicted octanol–water partition coefficient (Wildman–Crippen LogP) is 0.879. The van der Waals surface area contributed by atoms with E-state index in [4.69, 9.17) is 0 Å². The van der Waals surface area contributed by atoms with Crippen molar-refractivity contribution in [2.75, 3.05) is 18.4 Å². The van der Waals surface area contributed by atoms with E-state index in [2.05, 4.69) is 10.6 Å². The van der Waals surface area contributed by atoms with Crippen molar-refractivity contribution in [3.63, 3.8) is 0 Å². The Labute approximate surface area is 98.8 Å². The van der Waals surface area contributed by atoms with E-state index >= 15 is 0 Å². The molecule has 2 rings (SSSR count). The van der Waals surface area contributed by atoms with Gasteiger partial charge in [-0.25, -0.2) is 4.39 Å². The topological polar surface area (TPSA) is 61.4 Å². The first-order valence-electron chi connectivity index (χ1n) is 5.56. The third-order valence-electron chi connectivity index (χ3n) is 2.82. The van der Waals surface area contributed by atoms with Gasteiger partial charge in [0.2, 0.25) is 5.91 Å². The maximum absolute atomic E-state index is 12.9.